The van der Waals surface area contributed by atoms with Crippen LogP contribution in [-0.4, -0.2) is 41.3 Å². The van der Waals surface area contributed by atoms with Gasteiger partial charge < -0.3 is 14.7 Å². The van der Waals surface area contributed by atoms with Crippen molar-refractivity contribution in [2.45, 2.75) is 51.9 Å². The number of halogens is 1. The number of aliphatic hydroxyl groups is 1. The summed E-state index contributed by atoms with van der Waals surface area (Å²) >= 11 is 7.80. The van der Waals surface area contributed by atoms with Crippen LogP contribution < -0.4 is 4.74 Å². The second-order valence-electron chi connectivity index (χ2n) is 8.11. The van der Waals surface area contributed by atoms with Crippen LogP contribution in [0.3, 0.4) is 0 Å². The molecule has 0 bridgehead atoms. The summed E-state index contributed by atoms with van der Waals surface area (Å²) in [5.74, 6) is 3.35. The number of hydrogen-bond donors (Lipinski definition) is 1. The van der Waals surface area contributed by atoms with Gasteiger partial charge in [0.1, 0.15) is 23.8 Å². The molecular weight excluding hydrogens is 434 g/mol. The van der Waals surface area contributed by atoms with Gasteiger partial charge in [0.05, 0.1) is 6.61 Å². The van der Waals surface area contributed by atoms with E-state index < -0.39 is 0 Å². The molecule has 2 unspecified atom stereocenters. The van der Waals surface area contributed by atoms with E-state index in [0.717, 1.165) is 42.9 Å². The molecule has 1 fully saturated rings. The number of thioether (sulfide) groups is 1. The molecule has 31 heavy (non-hydrogen) atoms. The standard InChI is InChI=1S/C24H32ClNO4S/c1-2-3-7-20-22(27)15-21(17-6-4-14-31-16-17)23(24(20)28)26-30-13-5-12-29-19-10-8-18(25)9-11-19/h8-11,17,21,28H,2-7,12-16H2,1H3. The van der Waals surface area contributed by atoms with Gasteiger partial charge in [-0.05, 0) is 67.4 Å². The molecule has 5 nitrogen and oxygen atoms in total. The maximum Gasteiger partial charge on any atom is 0.163 e. The zero-order chi connectivity index (χ0) is 22.1. The van der Waals surface area contributed by atoms with Crippen LogP contribution in [0.2, 0.25) is 5.02 Å². The number of carbonyl (C=O) groups is 1. The normalized spacial score (nSPS) is 23.3. The number of allylic oxidation sites excluding steroid dienone is 2. The van der Waals surface area contributed by atoms with E-state index in [4.69, 9.17) is 21.2 Å². The summed E-state index contributed by atoms with van der Waals surface area (Å²) in [4.78, 5) is 18.3. The average Bonchev–Trinajstić information content (AvgIpc) is 2.79. The fourth-order valence-electron chi connectivity index (χ4n) is 4.04. The summed E-state index contributed by atoms with van der Waals surface area (Å²) in [6.45, 7) is 2.96. The van der Waals surface area contributed by atoms with Crippen molar-refractivity contribution in [3.05, 3.63) is 40.6 Å². The molecule has 1 saturated heterocycles. The smallest absolute Gasteiger partial charge is 0.163 e. The van der Waals surface area contributed by atoms with Gasteiger partial charge in [0.25, 0.3) is 0 Å². The zero-order valence-corrected chi connectivity index (χ0v) is 19.7. The molecule has 1 aromatic carbocycles. The molecule has 2 atom stereocenters. The third-order valence-corrected chi connectivity index (χ3v) is 7.28. The Morgan fingerprint density at radius 3 is 2.74 bits per heavy atom. The van der Waals surface area contributed by atoms with Crippen molar-refractivity contribution in [1.29, 1.82) is 0 Å². The van der Waals surface area contributed by atoms with Gasteiger partial charge in [-0.2, -0.15) is 11.8 Å². The monoisotopic (exact) mass is 465 g/mol. The third-order valence-electron chi connectivity index (χ3n) is 5.79. The van der Waals surface area contributed by atoms with Crippen molar-refractivity contribution < 1.29 is 19.5 Å². The number of hydrogen-bond acceptors (Lipinski definition) is 6. The predicted molar refractivity (Wildman–Crippen MR) is 127 cm³/mol. The van der Waals surface area contributed by atoms with E-state index in [1.807, 2.05) is 23.9 Å². The van der Waals surface area contributed by atoms with E-state index >= 15 is 0 Å². The van der Waals surface area contributed by atoms with Crippen LogP contribution in [0.1, 0.15) is 51.9 Å². The number of ether oxygens (including phenoxy) is 1. The minimum Gasteiger partial charge on any atom is -0.505 e. The van der Waals surface area contributed by atoms with Crippen LogP contribution in [0.25, 0.3) is 0 Å². The van der Waals surface area contributed by atoms with Gasteiger partial charge in [-0.25, -0.2) is 0 Å². The van der Waals surface area contributed by atoms with E-state index in [9.17, 15) is 9.90 Å². The Morgan fingerprint density at radius 2 is 2.03 bits per heavy atom. The highest BCUT2D eigenvalue weighted by Crippen LogP contribution is 2.37. The SMILES string of the molecule is CCCCC1=C(O)C(=NOCCCOc2ccc(Cl)cc2)C(C2CCCSC2)CC1=O. The van der Waals surface area contributed by atoms with Gasteiger partial charge in [-0.1, -0.05) is 30.1 Å². The second kappa shape index (κ2) is 12.4. The van der Waals surface area contributed by atoms with Crippen molar-refractivity contribution in [1.82, 2.24) is 0 Å². The molecule has 1 N–H and O–H groups in total. The van der Waals surface area contributed by atoms with Gasteiger partial charge in [-0.3, -0.25) is 4.79 Å². The van der Waals surface area contributed by atoms with Crippen LogP contribution in [0.15, 0.2) is 40.8 Å². The number of benzene rings is 1. The molecule has 0 amide bonds. The van der Waals surface area contributed by atoms with Crippen LogP contribution in [0.4, 0.5) is 0 Å². The molecule has 1 heterocycles. The highest BCUT2D eigenvalue weighted by molar-refractivity contribution is 7.99. The molecule has 3 rings (SSSR count). The van der Waals surface area contributed by atoms with Gasteiger partial charge in [-0.15, -0.1) is 0 Å². The Labute approximate surface area is 194 Å². The Bertz CT molecular complexity index is 787. The number of unbranched alkanes of at least 4 members (excludes halogenated alkanes) is 1. The molecule has 0 radical (unpaired) electrons. The van der Waals surface area contributed by atoms with Crippen molar-refractivity contribution >= 4 is 34.9 Å². The molecule has 0 aromatic heterocycles. The Balaban J connectivity index is 1.61. The topological polar surface area (TPSA) is 68.1 Å². The first-order valence-electron chi connectivity index (χ1n) is 11.2. The summed E-state index contributed by atoms with van der Waals surface area (Å²) in [5.41, 5.74) is 1.09. The van der Waals surface area contributed by atoms with Crippen LogP contribution in [0.5, 0.6) is 5.75 Å². The molecule has 0 saturated carbocycles. The lowest BCUT2D eigenvalue weighted by Gasteiger charge is -2.33. The Hall–Kier alpha value is -1.66. The summed E-state index contributed by atoms with van der Waals surface area (Å²) < 4.78 is 5.67. The maximum atomic E-state index is 12.7. The Morgan fingerprint density at radius 1 is 1.23 bits per heavy atom. The number of ketones is 1. The second-order valence-corrected chi connectivity index (χ2v) is 9.69. The first kappa shape index (κ1) is 24.0. The van der Waals surface area contributed by atoms with Gasteiger partial charge in [0.15, 0.2) is 5.78 Å². The lowest BCUT2D eigenvalue weighted by molar-refractivity contribution is -0.117. The lowest BCUT2D eigenvalue weighted by Crippen LogP contribution is -2.36. The van der Waals surface area contributed by atoms with Gasteiger partial charge in [0.2, 0.25) is 0 Å². The number of oxime groups is 1. The number of Topliss-reactive ketones (excluding diaryl/α,β-unsaturated/α-hetero) is 1. The van der Waals surface area contributed by atoms with Crippen LogP contribution >= 0.6 is 23.4 Å². The van der Waals surface area contributed by atoms with E-state index in [1.165, 1.54) is 0 Å². The van der Waals surface area contributed by atoms with Gasteiger partial charge >= 0.3 is 0 Å². The molecule has 0 spiro atoms. The molecule has 2 aliphatic rings. The highest BCUT2D eigenvalue weighted by atomic mass is 35.5. The third kappa shape index (κ3) is 6.91. The fourth-order valence-corrected chi connectivity index (χ4v) is 5.40. The predicted octanol–water partition coefficient (Wildman–Crippen LogP) is 6.22. The minimum atomic E-state index is -0.0593. The van der Waals surface area contributed by atoms with Crippen molar-refractivity contribution in [3.8, 4) is 5.75 Å². The molecule has 170 valence electrons. The number of nitrogens with zero attached hydrogens (tertiary/aromatic N) is 1. The van der Waals surface area contributed by atoms with E-state index in [0.29, 0.717) is 54.7 Å². The maximum absolute atomic E-state index is 12.7. The van der Waals surface area contributed by atoms with Crippen LogP contribution in [-0.2, 0) is 9.63 Å². The quantitative estimate of drug-likeness (QED) is 0.328. The summed E-state index contributed by atoms with van der Waals surface area (Å²) in [7, 11) is 0. The largest absolute Gasteiger partial charge is 0.505 e. The zero-order valence-electron chi connectivity index (χ0n) is 18.1. The Kier molecular flexibility index (Phi) is 9.59. The summed E-state index contributed by atoms with van der Waals surface area (Å²) in [5, 5.41) is 15.9. The number of carbonyl (C=O) groups excluding carboxylic acids is 1. The fraction of sp³-hybridized carbons (Fsp3) is 0.583. The minimum absolute atomic E-state index is 0.0580. The van der Waals surface area contributed by atoms with Crippen molar-refractivity contribution in [3.63, 3.8) is 0 Å². The summed E-state index contributed by atoms with van der Waals surface area (Å²) in [6, 6.07) is 7.24. The molecule has 1 aromatic rings. The van der Waals surface area contributed by atoms with Gasteiger partial charge in [0, 0.05) is 29.4 Å². The highest BCUT2D eigenvalue weighted by Gasteiger charge is 2.38. The van der Waals surface area contributed by atoms with E-state index in [2.05, 4.69) is 12.1 Å². The van der Waals surface area contributed by atoms with E-state index in [-0.39, 0.29) is 17.5 Å². The first-order valence-corrected chi connectivity index (χ1v) is 12.7. The number of aliphatic hydroxyl groups excluding tert-OH is 1. The van der Waals surface area contributed by atoms with Crippen molar-refractivity contribution in [2.24, 2.45) is 17.0 Å². The molecule has 1 aliphatic heterocycles. The number of rotatable bonds is 10. The summed E-state index contributed by atoms with van der Waals surface area (Å²) in [6.07, 6.45) is 5.75. The molecular formula is C24H32ClNO4S. The van der Waals surface area contributed by atoms with E-state index in [1.54, 1.807) is 12.1 Å². The van der Waals surface area contributed by atoms with Crippen LogP contribution in [0, 0.1) is 11.8 Å². The molecule has 1 aliphatic carbocycles. The lowest BCUT2D eigenvalue weighted by atomic mass is 9.76. The van der Waals surface area contributed by atoms with Crippen molar-refractivity contribution in [2.75, 3.05) is 24.7 Å². The first-order chi connectivity index (χ1) is 15.1. The average molecular weight is 466 g/mol. The molecule has 7 heteroatoms.